The van der Waals surface area contributed by atoms with E-state index in [2.05, 4.69) is 4.98 Å². The molecule has 0 fully saturated rings. The highest BCUT2D eigenvalue weighted by atomic mass is 16.5. The maximum absolute atomic E-state index is 12.2. The van der Waals surface area contributed by atoms with Gasteiger partial charge < -0.3 is 4.74 Å². The highest BCUT2D eigenvalue weighted by Crippen LogP contribution is 2.35. The summed E-state index contributed by atoms with van der Waals surface area (Å²) in [5, 5.41) is 2.17. The Labute approximate surface area is 109 Å². The molecule has 0 saturated heterocycles. The van der Waals surface area contributed by atoms with Crippen molar-refractivity contribution >= 4 is 27.7 Å². The highest BCUT2D eigenvalue weighted by molar-refractivity contribution is 6.15. The lowest BCUT2D eigenvalue weighted by molar-refractivity contribution is 0.0907. The van der Waals surface area contributed by atoms with Crippen molar-refractivity contribution in [2.24, 2.45) is 0 Å². The summed E-state index contributed by atoms with van der Waals surface area (Å²) >= 11 is 0. The molecule has 4 rings (SSSR count). The Kier molecular flexibility index (Phi) is 1.98. The fourth-order valence-electron chi connectivity index (χ4n) is 2.91. The van der Waals surface area contributed by atoms with E-state index in [1.165, 1.54) is 0 Å². The van der Waals surface area contributed by atoms with Gasteiger partial charge >= 0.3 is 0 Å². The van der Waals surface area contributed by atoms with Crippen LogP contribution in [0.3, 0.4) is 0 Å². The van der Waals surface area contributed by atoms with E-state index in [0.29, 0.717) is 6.42 Å². The molecule has 19 heavy (non-hydrogen) atoms. The van der Waals surface area contributed by atoms with Crippen LogP contribution in [0.2, 0.25) is 0 Å². The molecule has 0 radical (unpaired) electrons. The number of fused-ring (bicyclic) bond motifs is 3. The quantitative estimate of drug-likeness (QED) is 0.669. The van der Waals surface area contributed by atoms with Crippen molar-refractivity contribution in [1.82, 2.24) is 9.55 Å². The van der Waals surface area contributed by atoms with Crippen molar-refractivity contribution in [3.8, 4) is 5.75 Å². The lowest BCUT2D eigenvalue weighted by atomic mass is 10.1. The van der Waals surface area contributed by atoms with Crippen LogP contribution in [-0.2, 0) is 6.42 Å². The van der Waals surface area contributed by atoms with Crippen LogP contribution in [0.1, 0.15) is 16.9 Å². The van der Waals surface area contributed by atoms with Crippen molar-refractivity contribution in [2.75, 3.05) is 7.11 Å². The van der Waals surface area contributed by atoms with E-state index in [1.807, 2.05) is 30.5 Å². The molecule has 0 amide bonds. The molecule has 0 aliphatic carbocycles. The van der Waals surface area contributed by atoms with Crippen molar-refractivity contribution in [3.05, 3.63) is 36.2 Å². The summed E-state index contributed by atoms with van der Waals surface area (Å²) in [6.07, 6.45) is 3.06. The number of rotatable bonds is 1. The molecule has 0 atom stereocenters. The standard InChI is InChI=1S/C15H12N2O2/c1-19-9-2-3-10-11-6-7-16-12-4-5-14(18)17(15(11)12)13(10)8-9/h2-3,6-8H,4-5H2,1H3. The number of ether oxygens (including phenoxy) is 1. The lowest BCUT2D eigenvalue weighted by Crippen LogP contribution is -2.17. The molecule has 4 heteroatoms. The molecule has 1 aliphatic heterocycles. The molecule has 0 spiro atoms. The molecule has 3 aromatic rings. The Morgan fingerprint density at radius 1 is 1.21 bits per heavy atom. The lowest BCUT2D eigenvalue weighted by Gasteiger charge is -2.13. The second-order valence-electron chi connectivity index (χ2n) is 4.77. The second kappa shape index (κ2) is 3.57. The van der Waals surface area contributed by atoms with Crippen LogP contribution >= 0.6 is 0 Å². The van der Waals surface area contributed by atoms with Gasteiger partial charge in [0, 0.05) is 35.9 Å². The molecule has 3 heterocycles. The average Bonchev–Trinajstić information content (AvgIpc) is 2.79. The number of hydrogen-bond acceptors (Lipinski definition) is 3. The van der Waals surface area contributed by atoms with E-state index in [4.69, 9.17) is 4.74 Å². The van der Waals surface area contributed by atoms with Crippen LogP contribution in [-0.4, -0.2) is 22.6 Å². The van der Waals surface area contributed by atoms with E-state index < -0.39 is 0 Å². The third-order valence-corrected chi connectivity index (χ3v) is 3.78. The highest BCUT2D eigenvalue weighted by Gasteiger charge is 2.23. The predicted molar refractivity (Wildman–Crippen MR) is 72.7 cm³/mol. The molecule has 2 aromatic heterocycles. The van der Waals surface area contributed by atoms with Crippen molar-refractivity contribution < 1.29 is 9.53 Å². The number of aromatic nitrogens is 2. The van der Waals surface area contributed by atoms with Gasteiger partial charge in [0.25, 0.3) is 0 Å². The summed E-state index contributed by atoms with van der Waals surface area (Å²) in [5.41, 5.74) is 2.88. The van der Waals surface area contributed by atoms with Gasteiger partial charge in [-0.15, -0.1) is 0 Å². The SMILES string of the molecule is COc1ccc2c3ccnc4c3n(c2c1)C(=O)CC4. The van der Waals surface area contributed by atoms with Crippen LogP contribution in [0.25, 0.3) is 21.8 Å². The third-order valence-electron chi connectivity index (χ3n) is 3.78. The number of methoxy groups -OCH3 is 1. The smallest absolute Gasteiger partial charge is 0.232 e. The molecule has 0 saturated carbocycles. The Balaban J connectivity index is 2.27. The molecule has 0 unspecified atom stereocenters. The number of aryl methyl sites for hydroxylation is 1. The average molecular weight is 252 g/mol. The van der Waals surface area contributed by atoms with E-state index in [-0.39, 0.29) is 5.91 Å². The number of pyridine rings is 1. The van der Waals surface area contributed by atoms with Gasteiger partial charge in [-0.3, -0.25) is 14.3 Å². The first-order valence-electron chi connectivity index (χ1n) is 6.29. The van der Waals surface area contributed by atoms with Gasteiger partial charge in [0.05, 0.1) is 23.8 Å². The van der Waals surface area contributed by atoms with E-state index in [1.54, 1.807) is 11.7 Å². The molecule has 0 N–H and O–H groups in total. The van der Waals surface area contributed by atoms with Gasteiger partial charge in [0.1, 0.15) is 5.75 Å². The van der Waals surface area contributed by atoms with Crippen LogP contribution in [0.4, 0.5) is 0 Å². The van der Waals surface area contributed by atoms with Gasteiger partial charge in [-0.05, 0) is 18.2 Å². The van der Waals surface area contributed by atoms with E-state index in [0.717, 1.165) is 39.7 Å². The normalized spacial score (nSPS) is 14.3. The predicted octanol–water partition coefficient (Wildman–Crippen LogP) is 2.78. The molecule has 4 nitrogen and oxygen atoms in total. The zero-order chi connectivity index (χ0) is 13.0. The first kappa shape index (κ1) is 10.6. The van der Waals surface area contributed by atoms with Crippen molar-refractivity contribution in [2.45, 2.75) is 12.8 Å². The Bertz CT molecular complexity index is 833. The molecule has 1 aromatic carbocycles. The minimum absolute atomic E-state index is 0.133. The molecule has 1 aliphatic rings. The van der Waals surface area contributed by atoms with E-state index >= 15 is 0 Å². The summed E-state index contributed by atoms with van der Waals surface area (Å²) in [6.45, 7) is 0. The maximum atomic E-state index is 12.2. The Morgan fingerprint density at radius 3 is 2.95 bits per heavy atom. The number of hydrogen-bond donors (Lipinski definition) is 0. The second-order valence-corrected chi connectivity index (χ2v) is 4.77. The Hall–Kier alpha value is -2.36. The van der Waals surface area contributed by atoms with Gasteiger partial charge in [0.2, 0.25) is 5.91 Å². The maximum Gasteiger partial charge on any atom is 0.232 e. The zero-order valence-electron chi connectivity index (χ0n) is 10.5. The van der Waals surface area contributed by atoms with Crippen molar-refractivity contribution in [3.63, 3.8) is 0 Å². The summed E-state index contributed by atoms with van der Waals surface area (Å²) in [5.74, 6) is 0.896. The summed E-state index contributed by atoms with van der Waals surface area (Å²) in [7, 11) is 1.63. The van der Waals surface area contributed by atoms with E-state index in [9.17, 15) is 4.79 Å². The van der Waals surface area contributed by atoms with Gasteiger partial charge in [-0.1, -0.05) is 0 Å². The molecule has 94 valence electrons. The fourth-order valence-corrected chi connectivity index (χ4v) is 2.91. The molecular formula is C15H12N2O2. The van der Waals surface area contributed by atoms with Crippen LogP contribution in [0, 0.1) is 0 Å². The largest absolute Gasteiger partial charge is 0.497 e. The van der Waals surface area contributed by atoms with Gasteiger partial charge in [0.15, 0.2) is 0 Å². The summed E-state index contributed by atoms with van der Waals surface area (Å²) in [4.78, 5) is 16.6. The third kappa shape index (κ3) is 1.28. The first-order valence-corrected chi connectivity index (χ1v) is 6.29. The van der Waals surface area contributed by atoms with Crippen molar-refractivity contribution in [1.29, 1.82) is 0 Å². The fraction of sp³-hybridized carbons (Fsp3) is 0.200. The number of nitrogens with zero attached hydrogens (tertiary/aromatic N) is 2. The van der Waals surface area contributed by atoms with Gasteiger partial charge in [-0.25, -0.2) is 0 Å². The minimum Gasteiger partial charge on any atom is -0.497 e. The van der Waals surface area contributed by atoms with Gasteiger partial charge in [-0.2, -0.15) is 0 Å². The monoisotopic (exact) mass is 252 g/mol. The first-order chi connectivity index (χ1) is 9.29. The van der Waals surface area contributed by atoms with Crippen LogP contribution in [0.5, 0.6) is 5.75 Å². The Morgan fingerprint density at radius 2 is 2.11 bits per heavy atom. The minimum atomic E-state index is 0.133. The zero-order valence-corrected chi connectivity index (χ0v) is 10.5. The molecule has 0 bridgehead atoms. The number of carbonyl (C=O) groups is 1. The van der Waals surface area contributed by atoms with Crippen LogP contribution < -0.4 is 4.74 Å². The number of benzene rings is 1. The summed E-state index contributed by atoms with van der Waals surface area (Å²) in [6, 6.07) is 7.83. The summed E-state index contributed by atoms with van der Waals surface area (Å²) < 4.78 is 7.05. The topological polar surface area (TPSA) is 44.1 Å². The molecular weight excluding hydrogens is 240 g/mol. The van der Waals surface area contributed by atoms with Crippen LogP contribution in [0.15, 0.2) is 30.5 Å². The number of carbonyl (C=O) groups excluding carboxylic acids is 1.